The third-order valence-electron chi connectivity index (χ3n) is 4.95. The van der Waals surface area contributed by atoms with Crippen LogP contribution in [0.5, 0.6) is 0 Å². The van der Waals surface area contributed by atoms with Crippen molar-refractivity contribution in [1.82, 2.24) is 35.1 Å². The number of nitrogen functional groups attached to an aromatic ring is 1. The molecular weight excluding hydrogens is 446 g/mol. The number of hydrogen-bond acceptors (Lipinski definition) is 7. The van der Waals surface area contributed by atoms with Crippen LogP contribution >= 0.6 is 0 Å². The largest absolute Gasteiger partial charge is 0.399 e. The van der Waals surface area contributed by atoms with Crippen LogP contribution in [0.25, 0.3) is 16.9 Å². The molecule has 0 aliphatic rings. The second kappa shape index (κ2) is 9.17. The molecule has 1 atom stereocenters. The number of nitrogens with one attached hydrogen (secondary N) is 1. The number of nitrogens with zero attached hydrogens (tertiary/aromatic N) is 6. The Labute approximate surface area is 196 Å². The minimum atomic E-state index is -2.73. The Kier molecular flexibility index (Phi) is 5.14. The second-order valence-corrected chi connectivity index (χ2v) is 7.36. The summed E-state index contributed by atoms with van der Waals surface area (Å²) >= 11 is 0. The fourth-order valence-electron chi connectivity index (χ4n) is 3.27. The van der Waals surface area contributed by atoms with Crippen molar-refractivity contribution in [3.63, 3.8) is 0 Å². The van der Waals surface area contributed by atoms with E-state index in [1.54, 1.807) is 6.92 Å². The lowest BCUT2D eigenvalue weighted by molar-refractivity contribution is 0.0933. The number of hydrogen-bond donors (Lipinski definition) is 2. The molecule has 0 saturated heterocycles. The summed E-state index contributed by atoms with van der Waals surface area (Å²) in [5.74, 6) is -0.670. The zero-order valence-corrected chi connectivity index (χ0v) is 17.7. The number of anilines is 1. The number of amides is 1. The highest BCUT2D eigenvalue weighted by Gasteiger charge is 2.17. The van der Waals surface area contributed by atoms with E-state index in [1.807, 2.05) is 0 Å². The highest BCUT2D eigenvalue weighted by molar-refractivity contribution is 5.92. The molecule has 0 aliphatic heterocycles. The van der Waals surface area contributed by atoms with Crippen LogP contribution in [0.4, 0.5) is 14.5 Å². The van der Waals surface area contributed by atoms with Crippen LogP contribution in [0, 0.1) is 0 Å². The number of pyridine rings is 1. The lowest BCUT2D eigenvalue weighted by Gasteiger charge is -2.16. The van der Waals surface area contributed by atoms with E-state index in [0.29, 0.717) is 11.1 Å². The Balaban J connectivity index is 1.63. The van der Waals surface area contributed by atoms with Crippen LogP contribution in [-0.2, 0) is 6.98 Å². The molecule has 4 rings (SSSR count). The molecule has 4 aromatic rings. The summed E-state index contributed by atoms with van der Waals surface area (Å²) in [4.78, 5) is 29.5. The fraction of sp³-hybridized carbons (Fsp3) is 0.182. The van der Waals surface area contributed by atoms with Gasteiger partial charge in [0.1, 0.15) is 5.69 Å². The highest BCUT2D eigenvalue weighted by atomic mass is 19.3. The van der Waals surface area contributed by atoms with Crippen LogP contribution < -0.4 is 16.6 Å². The van der Waals surface area contributed by atoms with Gasteiger partial charge in [0.15, 0.2) is 0 Å². The van der Waals surface area contributed by atoms with E-state index in [-0.39, 0.29) is 28.3 Å². The molecule has 0 bridgehead atoms. The summed E-state index contributed by atoms with van der Waals surface area (Å²) in [6.07, 6.45) is 1.19. The first-order valence-electron chi connectivity index (χ1n) is 11.4. The number of carbonyl (C=O) groups is 1. The number of carbonyl (C=O) groups excluding carboxylic acids is 1. The minimum absolute atomic E-state index is 0.128. The third kappa shape index (κ3) is 4.65. The predicted octanol–water partition coefficient (Wildman–Crippen LogP) is 2.43. The van der Waals surface area contributed by atoms with Crippen molar-refractivity contribution in [3.8, 4) is 16.9 Å². The number of aryl methyl sites for hydroxylation is 1. The molecule has 3 aromatic heterocycles. The molecule has 0 aliphatic carbocycles. The third-order valence-corrected chi connectivity index (χ3v) is 4.95. The summed E-state index contributed by atoms with van der Waals surface area (Å²) in [6.45, 7) is -1.00. The second-order valence-electron chi connectivity index (χ2n) is 7.36. The molecule has 10 nitrogen and oxygen atoms in total. The normalized spacial score (nSPS) is 13.7. The van der Waals surface area contributed by atoms with Gasteiger partial charge in [-0.25, -0.2) is 13.5 Å². The van der Waals surface area contributed by atoms with Crippen LogP contribution in [0.2, 0.25) is 0 Å². The molecule has 1 aromatic carbocycles. The molecule has 34 heavy (non-hydrogen) atoms. The van der Waals surface area contributed by atoms with Gasteiger partial charge < -0.3 is 11.1 Å². The molecule has 3 N–H and O–H groups in total. The Morgan fingerprint density at radius 3 is 2.71 bits per heavy atom. The number of aromatic nitrogens is 6. The van der Waals surface area contributed by atoms with Crippen LogP contribution in [0.3, 0.4) is 0 Å². The van der Waals surface area contributed by atoms with Crippen molar-refractivity contribution < 1.29 is 17.7 Å². The first-order chi connectivity index (χ1) is 17.4. The topological polar surface area (TPSA) is 134 Å². The molecule has 3 heterocycles. The maximum absolute atomic E-state index is 13.1. The fourth-order valence-corrected chi connectivity index (χ4v) is 3.27. The summed E-state index contributed by atoms with van der Waals surface area (Å²) in [5.41, 5.74) is 5.81. The van der Waals surface area contributed by atoms with E-state index in [2.05, 4.69) is 25.7 Å². The lowest BCUT2D eigenvalue weighted by atomic mass is 10.0. The highest BCUT2D eigenvalue weighted by Crippen LogP contribution is 2.26. The molecule has 0 fully saturated rings. The first kappa shape index (κ1) is 19.0. The maximum atomic E-state index is 13.1. The zero-order valence-electron chi connectivity index (χ0n) is 20.7. The molecular formula is C22H20F2N8O2. The van der Waals surface area contributed by atoms with E-state index in [1.165, 1.54) is 42.9 Å². The van der Waals surface area contributed by atoms with E-state index in [9.17, 15) is 18.4 Å². The number of nitrogens with two attached hydrogens (primary N) is 1. The van der Waals surface area contributed by atoms with E-state index >= 15 is 0 Å². The number of rotatable bonds is 6. The van der Waals surface area contributed by atoms with Crippen molar-refractivity contribution in [3.05, 3.63) is 82.2 Å². The Hall–Kier alpha value is -4.48. The van der Waals surface area contributed by atoms with E-state index in [4.69, 9.17) is 9.85 Å². The Morgan fingerprint density at radius 1 is 1.15 bits per heavy atom. The van der Waals surface area contributed by atoms with Crippen molar-refractivity contribution >= 4 is 11.6 Å². The summed E-state index contributed by atoms with van der Waals surface area (Å²) in [5, 5.41) is 14.0. The summed E-state index contributed by atoms with van der Waals surface area (Å²) in [6, 6.07) is 6.97. The predicted molar refractivity (Wildman–Crippen MR) is 119 cm³/mol. The molecule has 0 spiro atoms. The summed E-state index contributed by atoms with van der Waals surface area (Å²) in [7, 11) is 0. The molecule has 12 heteroatoms. The van der Waals surface area contributed by atoms with Gasteiger partial charge in [-0.1, -0.05) is 5.21 Å². The van der Waals surface area contributed by atoms with Crippen molar-refractivity contribution in [2.75, 3.05) is 5.73 Å². The zero-order chi connectivity index (χ0) is 26.9. The van der Waals surface area contributed by atoms with Gasteiger partial charge >= 0.3 is 0 Å². The maximum Gasteiger partial charge on any atom is 0.272 e. The van der Waals surface area contributed by atoms with Gasteiger partial charge in [-0.3, -0.25) is 14.6 Å². The van der Waals surface area contributed by atoms with Crippen molar-refractivity contribution in [1.29, 1.82) is 0 Å². The van der Waals surface area contributed by atoms with E-state index < -0.39 is 30.9 Å². The van der Waals surface area contributed by atoms with Gasteiger partial charge in [-0.15, -0.1) is 5.10 Å². The lowest BCUT2D eigenvalue weighted by Crippen LogP contribution is -2.30. The minimum Gasteiger partial charge on any atom is -0.399 e. The molecule has 1 amide bonds. The van der Waals surface area contributed by atoms with Crippen LogP contribution in [0.1, 0.15) is 45.1 Å². The summed E-state index contributed by atoms with van der Waals surface area (Å²) < 4.78 is 50.7. The van der Waals surface area contributed by atoms with Crippen molar-refractivity contribution in [2.45, 2.75) is 19.4 Å². The Morgan fingerprint density at radius 2 is 1.94 bits per heavy atom. The average molecular weight is 469 g/mol. The monoisotopic (exact) mass is 469 g/mol. The number of halogens is 2. The smallest absolute Gasteiger partial charge is 0.272 e. The SMILES string of the molecule is [2H]C([2H])([2H])n1nncc1-c1cncc(-n2nc(C(=O)N[C@H](C)c3cc(N)cc(C(F)F)c3)ccc2=O)c1. The van der Waals surface area contributed by atoms with Gasteiger partial charge in [0, 0.05) is 40.2 Å². The van der Waals surface area contributed by atoms with Gasteiger partial charge in [0.25, 0.3) is 17.9 Å². The quantitative estimate of drug-likeness (QED) is 0.414. The van der Waals surface area contributed by atoms with Gasteiger partial charge in [0.05, 0.1) is 29.8 Å². The molecule has 174 valence electrons. The van der Waals surface area contributed by atoms with Gasteiger partial charge in [-0.2, -0.15) is 9.78 Å². The van der Waals surface area contributed by atoms with Gasteiger partial charge in [-0.05, 0) is 42.8 Å². The van der Waals surface area contributed by atoms with Crippen molar-refractivity contribution in [2.24, 2.45) is 6.98 Å². The first-order valence-corrected chi connectivity index (χ1v) is 9.91. The number of benzene rings is 1. The molecule has 0 saturated carbocycles. The van der Waals surface area contributed by atoms with Crippen LogP contribution in [-0.4, -0.2) is 35.7 Å². The molecule has 0 unspecified atom stereocenters. The molecule has 0 radical (unpaired) electrons. The van der Waals surface area contributed by atoms with Gasteiger partial charge in [0.2, 0.25) is 0 Å². The number of alkyl halides is 2. The van der Waals surface area contributed by atoms with E-state index in [0.717, 1.165) is 21.5 Å². The standard InChI is InChI=1S/C22H20F2N8O2/c1-12(13-5-14(21(23)24)7-16(25)6-13)28-22(34)18-3-4-20(33)32(29-18)17-8-15(9-26-10-17)19-11-27-30-31(19)2/h3-12,21H,25H2,1-2H3,(H,28,34)/t12-/m1/s1/i2D3. The van der Waals surface area contributed by atoms with Crippen LogP contribution in [0.15, 0.2) is 59.8 Å². The Bertz CT molecular complexity index is 1520. The average Bonchev–Trinajstić information content (AvgIpc) is 3.35.